The van der Waals surface area contributed by atoms with Crippen molar-refractivity contribution in [3.05, 3.63) is 0 Å². The molecule has 0 aromatic heterocycles. The van der Waals surface area contributed by atoms with Crippen molar-refractivity contribution in [1.82, 2.24) is 5.32 Å². The minimum absolute atomic E-state index is 0.0400. The average Bonchev–Trinajstić information content (AvgIpc) is 2.10. The van der Waals surface area contributed by atoms with Crippen molar-refractivity contribution in [2.75, 3.05) is 6.54 Å². The van der Waals surface area contributed by atoms with Crippen molar-refractivity contribution in [3.8, 4) is 0 Å². The first-order valence-corrected chi connectivity index (χ1v) is 4.43. The maximum absolute atomic E-state index is 11.0. The van der Waals surface area contributed by atoms with Crippen LogP contribution in [0.25, 0.3) is 0 Å². The molecule has 82 valence electrons. The van der Waals surface area contributed by atoms with E-state index in [1.807, 2.05) is 0 Å². The Morgan fingerprint density at radius 3 is 2.50 bits per heavy atom. The molecule has 0 heterocycles. The average molecular weight is 203 g/mol. The van der Waals surface area contributed by atoms with Crippen LogP contribution < -0.4 is 16.8 Å². The van der Waals surface area contributed by atoms with Crippen LogP contribution >= 0.6 is 0 Å². The molecule has 0 aromatic rings. The van der Waals surface area contributed by atoms with E-state index in [4.69, 9.17) is 16.6 Å². The summed E-state index contributed by atoms with van der Waals surface area (Å²) in [5, 5.41) is 11.3. The van der Waals surface area contributed by atoms with Gasteiger partial charge >= 0.3 is 0 Å². The van der Waals surface area contributed by atoms with Gasteiger partial charge < -0.3 is 21.9 Å². The van der Waals surface area contributed by atoms with E-state index in [0.717, 1.165) is 0 Å². The number of nitrogens with two attached hydrogens (primary N) is 2. The molecular formula is C8H17N3O3. The second-order valence-electron chi connectivity index (χ2n) is 3.24. The molecule has 0 aliphatic heterocycles. The van der Waals surface area contributed by atoms with E-state index in [1.165, 1.54) is 0 Å². The topological polar surface area (TPSA) is 118 Å². The van der Waals surface area contributed by atoms with Gasteiger partial charge in [0.15, 0.2) is 0 Å². The Morgan fingerprint density at radius 1 is 1.50 bits per heavy atom. The first-order chi connectivity index (χ1) is 6.43. The zero-order valence-corrected chi connectivity index (χ0v) is 8.19. The van der Waals surface area contributed by atoms with Crippen molar-refractivity contribution < 1.29 is 14.7 Å². The van der Waals surface area contributed by atoms with Crippen LogP contribution in [0.4, 0.5) is 0 Å². The van der Waals surface area contributed by atoms with Crippen LogP contribution in [-0.2, 0) is 9.59 Å². The molecule has 6 nitrogen and oxygen atoms in total. The molecule has 6 heteroatoms. The molecule has 0 aliphatic carbocycles. The number of aliphatic hydroxyl groups excluding tert-OH is 1. The van der Waals surface area contributed by atoms with Gasteiger partial charge in [0.05, 0.1) is 6.54 Å². The predicted octanol–water partition coefficient (Wildman–Crippen LogP) is -1.92. The van der Waals surface area contributed by atoms with Gasteiger partial charge in [-0.25, -0.2) is 0 Å². The number of rotatable bonds is 6. The van der Waals surface area contributed by atoms with Gasteiger partial charge in [-0.3, -0.25) is 9.59 Å². The molecule has 0 saturated carbocycles. The SMILES string of the molecule is CC(N)CCC(=O)NCC(O)C(N)=O. The van der Waals surface area contributed by atoms with Gasteiger partial charge in [0, 0.05) is 12.5 Å². The van der Waals surface area contributed by atoms with Crippen LogP contribution in [0.5, 0.6) is 0 Å². The molecular weight excluding hydrogens is 186 g/mol. The molecule has 2 amide bonds. The fourth-order valence-corrected chi connectivity index (χ4v) is 0.758. The highest BCUT2D eigenvalue weighted by Crippen LogP contribution is 1.92. The Bertz CT molecular complexity index is 206. The summed E-state index contributed by atoms with van der Waals surface area (Å²) in [7, 11) is 0. The highest BCUT2D eigenvalue weighted by Gasteiger charge is 2.11. The summed E-state index contributed by atoms with van der Waals surface area (Å²) in [6, 6.07) is -0.0400. The maximum atomic E-state index is 11.0. The molecule has 0 rings (SSSR count). The molecule has 0 bridgehead atoms. The summed E-state index contributed by atoms with van der Waals surface area (Å²) >= 11 is 0. The molecule has 0 aromatic carbocycles. The fourth-order valence-electron chi connectivity index (χ4n) is 0.758. The third kappa shape index (κ3) is 6.38. The first kappa shape index (κ1) is 12.9. The second-order valence-corrected chi connectivity index (χ2v) is 3.24. The predicted molar refractivity (Wildman–Crippen MR) is 51.1 cm³/mol. The van der Waals surface area contributed by atoms with Crippen molar-refractivity contribution >= 4 is 11.8 Å². The number of carbonyl (C=O) groups excluding carboxylic acids is 2. The number of aliphatic hydroxyl groups is 1. The van der Waals surface area contributed by atoms with Crippen LogP contribution in [-0.4, -0.2) is 35.6 Å². The summed E-state index contributed by atoms with van der Waals surface area (Å²) in [6.07, 6.45) is -0.476. The molecule has 0 radical (unpaired) electrons. The molecule has 6 N–H and O–H groups in total. The minimum atomic E-state index is -1.32. The first-order valence-electron chi connectivity index (χ1n) is 4.43. The molecule has 0 saturated heterocycles. The van der Waals surface area contributed by atoms with Crippen molar-refractivity contribution in [3.63, 3.8) is 0 Å². The van der Waals surface area contributed by atoms with Gasteiger partial charge in [0.25, 0.3) is 0 Å². The summed E-state index contributed by atoms with van der Waals surface area (Å²) in [4.78, 5) is 21.4. The Balaban J connectivity index is 3.59. The zero-order valence-electron chi connectivity index (χ0n) is 8.19. The van der Waals surface area contributed by atoms with E-state index in [0.29, 0.717) is 6.42 Å². The second kappa shape index (κ2) is 6.33. The van der Waals surface area contributed by atoms with E-state index in [1.54, 1.807) is 6.92 Å². The van der Waals surface area contributed by atoms with Crippen molar-refractivity contribution in [2.45, 2.75) is 31.9 Å². The number of hydrogen-bond acceptors (Lipinski definition) is 4. The molecule has 0 spiro atoms. The summed E-state index contributed by atoms with van der Waals surface area (Å²) in [5.74, 6) is -1.10. The lowest BCUT2D eigenvalue weighted by Gasteiger charge is -2.09. The van der Waals surface area contributed by atoms with Crippen LogP contribution in [0.3, 0.4) is 0 Å². The number of primary amides is 1. The largest absolute Gasteiger partial charge is 0.381 e. The van der Waals surface area contributed by atoms with Gasteiger partial charge in [-0.2, -0.15) is 0 Å². The maximum Gasteiger partial charge on any atom is 0.248 e. The third-order valence-corrected chi connectivity index (χ3v) is 1.65. The van der Waals surface area contributed by atoms with E-state index in [9.17, 15) is 9.59 Å². The van der Waals surface area contributed by atoms with E-state index in [-0.39, 0.29) is 24.9 Å². The quantitative estimate of drug-likeness (QED) is 0.402. The summed E-state index contributed by atoms with van der Waals surface area (Å²) in [5.41, 5.74) is 10.2. The van der Waals surface area contributed by atoms with Crippen LogP contribution in [0.2, 0.25) is 0 Å². The normalized spacial score (nSPS) is 14.5. The van der Waals surface area contributed by atoms with Crippen molar-refractivity contribution in [2.24, 2.45) is 11.5 Å². The lowest BCUT2D eigenvalue weighted by Crippen LogP contribution is -2.40. The number of hydrogen-bond donors (Lipinski definition) is 4. The highest BCUT2D eigenvalue weighted by molar-refractivity contribution is 5.80. The number of amides is 2. The standard InChI is InChI=1S/C8H17N3O3/c1-5(9)2-3-7(13)11-4-6(12)8(10)14/h5-6,12H,2-4,9H2,1H3,(H2,10,14)(H,11,13). The van der Waals surface area contributed by atoms with E-state index in [2.05, 4.69) is 5.32 Å². The number of carbonyl (C=O) groups is 2. The minimum Gasteiger partial charge on any atom is -0.381 e. The lowest BCUT2D eigenvalue weighted by molar-refractivity contribution is -0.127. The molecule has 2 atom stereocenters. The summed E-state index contributed by atoms with van der Waals surface area (Å²) < 4.78 is 0. The Kier molecular flexibility index (Phi) is 5.82. The Morgan fingerprint density at radius 2 is 2.07 bits per heavy atom. The molecule has 0 fully saturated rings. The van der Waals surface area contributed by atoms with Gasteiger partial charge in [0.2, 0.25) is 11.8 Å². The van der Waals surface area contributed by atoms with E-state index >= 15 is 0 Å². The highest BCUT2D eigenvalue weighted by atomic mass is 16.3. The lowest BCUT2D eigenvalue weighted by atomic mass is 10.2. The Labute approximate surface area is 82.6 Å². The van der Waals surface area contributed by atoms with Crippen LogP contribution in [0.15, 0.2) is 0 Å². The van der Waals surface area contributed by atoms with Gasteiger partial charge in [-0.15, -0.1) is 0 Å². The monoisotopic (exact) mass is 203 g/mol. The van der Waals surface area contributed by atoms with Crippen LogP contribution in [0, 0.1) is 0 Å². The fraction of sp³-hybridized carbons (Fsp3) is 0.750. The van der Waals surface area contributed by atoms with Crippen molar-refractivity contribution in [1.29, 1.82) is 0 Å². The van der Waals surface area contributed by atoms with Crippen LogP contribution in [0.1, 0.15) is 19.8 Å². The number of nitrogens with one attached hydrogen (secondary N) is 1. The Hall–Kier alpha value is -1.14. The third-order valence-electron chi connectivity index (χ3n) is 1.65. The molecule has 14 heavy (non-hydrogen) atoms. The van der Waals surface area contributed by atoms with Gasteiger partial charge in [0.1, 0.15) is 6.10 Å². The summed E-state index contributed by atoms with van der Waals surface area (Å²) in [6.45, 7) is 1.65. The molecule has 0 aliphatic rings. The van der Waals surface area contributed by atoms with E-state index < -0.39 is 12.0 Å². The molecule has 2 unspecified atom stereocenters. The zero-order chi connectivity index (χ0) is 11.1. The van der Waals surface area contributed by atoms with Gasteiger partial charge in [-0.1, -0.05) is 0 Å². The van der Waals surface area contributed by atoms with Gasteiger partial charge in [-0.05, 0) is 13.3 Å². The smallest absolute Gasteiger partial charge is 0.248 e.